The lowest BCUT2D eigenvalue weighted by molar-refractivity contribution is -0.127. The molecule has 2 rings (SSSR count). The van der Waals surface area contributed by atoms with Crippen molar-refractivity contribution in [3.63, 3.8) is 0 Å². The zero-order valence-corrected chi connectivity index (χ0v) is 17.6. The monoisotopic (exact) mass is 436 g/mol. The number of phenolic OH excluding ortho intramolecular Hbond substituents is 1. The lowest BCUT2D eigenvalue weighted by Crippen LogP contribution is -2.33. The zero-order chi connectivity index (χ0) is 21.4. The molecule has 0 radical (unpaired) electrons. The van der Waals surface area contributed by atoms with Gasteiger partial charge in [-0.2, -0.15) is 5.10 Å². The number of hydrazone groups is 1. The summed E-state index contributed by atoms with van der Waals surface area (Å²) in [6.45, 7) is 7.48. The number of ether oxygens (including phenoxy) is 2. The number of hydrogen-bond acceptors (Lipinski definition) is 5. The van der Waals surface area contributed by atoms with Gasteiger partial charge in [0.15, 0.2) is 17.6 Å². The number of phenols is 1. The minimum absolute atomic E-state index is 0.0646. The van der Waals surface area contributed by atoms with Gasteiger partial charge in [0.1, 0.15) is 5.75 Å². The molecule has 8 heteroatoms. The summed E-state index contributed by atoms with van der Waals surface area (Å²) in [5.74, 6) is 0.294. The van der Waals surface area contributed by atoms with Crippen LogP contribution < -0.4 is 14.9 Å². The van der Waals surface area contributed by atoms with Gasteiger partial charge in [-0.25, -0.2) is 5.43 Å². The van der Waals surface area contributed by atoms with Crippen molar-refractivity contribution in [3.8, 4) is 17.2 Å². The number of nitrogens with zero attached hydrogens (tertiary/aromatic N) is 1. The molecule has 1 atom stereocenters. The average molecular weight is 437 g/mol. The molecule has 2 N–H and O–H groups in total. The molecule has 0 heterocycles. The molecule has 6 nitrogen and oxygen atoms in total. The number of carbonyl (C=O) groups is 1. The van der Waals surface area contributed by atoms with E-state index < -0.39 is 12.0 Å². The summed E-state index contributed by atoms with van der Waals surface area (Å²) in [7, 11) is 0. The first-order valence-corrected chi connectivity index (χ1v) is 9.65. The fraction of sp³-hybridized carbons (Fsp3) is 0.238. The molecular weight excluding hydrogens is 415 g/mol. The summed E-state index contributed by atoms with van der Waals surface area (Å²) in [5, 5.41) is 15.0. The number of carbonyl (C=O) groups excluding carboxylic acids is 1. The molecule has 0 aliphatic carbocycles. The van der Waals surface area contributed by atoms with Gasteiger partial charge < -0.3 is 14.6 Å². The van der Waals surface area contributed by atoms with Crippen molar-refractivity contribution in [1.29, 1.82) is 0 Å². The molecule has 0 aliphatic heterocycles. The van der Waals surface area contributed by atoms with Crippen LogP contribution in [0.1, 0.15) is 25.0 Å². The van der Waals surface area contributed by atoms with E-state index in [4.69, 9.17) is 32.7 Å². The number of benzene rings is 2. The normalized spacial score (nSPS) is 11.9. The van der Waals surface area contributed by atoms with E-state index in [1.165, 1.54) is 12.3 Å². The van der Waals surface area contributed by atoms with Gasteiger partial charge in [0.25, 0.3) is 5.91 Å². The van der Waals surface area contributed by atoms with Crippen LogP contribution in [0.15, 0.2) is 48.1 Å². The highest BCUT2D eigenvalue weighted by Crippen LogP contribution is 2.32. The number of aromatic hydroxyl groups is 1. The third-order valence-corrected chi connectivity index (χ3v) is 4.33. The number of halogens is 2. The van der Waals surface area contributed by atoms with Crippen molar-refractivity contribution in [2.24, 2.45) is 5.10 Å². The maximum atomic E-state index is 12.2. The van der Waals surface area contributed by atoms with E-state index >= 15 is 0 Å². The van der Waals surface area contributed by atoms with Gasteiger partial charge >= 0.3 is 0 Å². The first-order valence-electron chi connectivity index (χ1n) is 8.89. The molecule has 1 unspecified atom stereocenters. The fourth-order valence-corrected chi connectivity index (χ4v) is 2.87. The molecule has 154 valence electrons. The Hall–Kier alpha value is -2.70. The van der Waals surface area contributed by atoms with Crippen molar-refractivity contribution in [3.05, 3.63) is 64.2 Å². The zero-order valence-electron chi connectivity index (χ0n) is 16.1. The number of nitrogens with one attached hydrogen (secondary N) is 1. The topological polar surface area (TPSA) is 80.2 Å². The largest absolute Gasteiger partial charge is 0.504 e. The number of amides is 1. The van der Waals surface area contributed by atoms with Crippen LogP contribution in [0.2, 0.25) is 10.0 Å². The summed E-state index contributed by atoms with van der Waals surface area (Å²) >= 11 is 11.9. The molecule has 0 bridgehead atoms. The molecule has 2 aromatic carbocycles. The lowest BCUT2D eigenvalue weighted by atomic mass is 10.1. The first-order chi connectivity index (χ1) is 13.8. The van der Waals surface area contributed by atoms with Crippen LogP contribution in [-0.2, 0) is 11.2 Å². The van der Waals surface area contributed by atoms with Crippen LogP contribution in [0.25, 0.3) is 0 Å². The molecule has 29 heavy (non-hydrogen) atoms. The van der Waals surface area contributed by atoms with E-state index in [9.17, 15) is 9.90 Å². The minimum Gasteiger partial charge on any atom is -0.504 e. The van der Waals surface area contributed by atoms with Gasteiger partial charge in [0.2, 0.25) is 0 Å². The van der Waals surface area contributed by atoms with Gasteiger partial charge in [-0.05, 0) is 56.2 Å². The molecule has 0 fully saturated rings. The summed E-state index contributed by atoms with van der Waals surface area (Å²) < 4.78 is 11.0. The van der Waals surface area contributed by atoms with Crippen LogP contribution >= 0.6 is 23.2 Å². The van der Waals surface area contributed by atoms with E-state index in [0.29, 0.717) is 45.7 Å². The Balaban J connectivity index is 2.05. The van der Waals surface area contributed by atoms with Crippen LogP contribution in [0.4, 0.5) is 0 Å². The Morgan fingerprint density at radius 1 is 1.31 bits per heavy atom. The Bertz CT molecular complexity index is 916. The second-order valence-corrected chi connectivity index (χ2v) is 6.87. The van der Waals surface area contributed by atoms with Gasteiger partial charge in [-0.15, -0.1) is 6.58 Å². The standard InChI is InChI=1S/C21H22Cl2N2O4/c1-4-6-15-9-14(10-19(20(15)26)28-5-2)12-24-25-21(27)13(3)29-18-8-7-16(22)11-17(18)23/h4,7-13,26H,1,5-6H2,2-3H3,(H,25,27). The molecule has 0 aliphatic rings. The van der Waals surface area contributed by atoms with E-state index in [2.05, 4.69) is 17.1 Å². The fourth-order valence-electron chi connectivity index (χ4n) is 2.42. The number of hydrogen-bond donors (Lipinski definition) is 2. The molecule has 1 amide bonds. The Kier molecular flexibility index (Phi) is 8.36. The van der Waals surface area contributed by atoms with Crippen LogP contribution in [-0.4, -0.2) is 29.9 Å². The third-order valence-electron chi connectivity index (χ3n) is 3.80. The van der Waals surface area contributed by atoms with Gasteiger partial charge in [0.05, 0.1) is 17.8 Å². The van der Waals surface area contributed by atoms with E-state index in [-0.39, 0.29) is 5.75 Å². The van der Waals surface area contributed by atoms with Crippen LogP contribution in [0.5, 0.6) is 17.2 Å². The van der Waals surface area contributed by atoms with Crippen molar-refractivity contribution in [2.45, 2.75) is 26.4 Å². The number of rotatable bonds is 9. The quantitative estimate of drug-likeness (QED) is 0.337. The second-order valence-electron chi connectivity index (χ2n) is 6.02. The SMILES string of the molecule is C=CCc1cc(C=NNC(=O)C(C)Oc2ccc(Cl)cc2Cl)cc(OCC)c1O. The predicted molar refractivity (Wildman–Crippen MR) is 115 cm³/mol. The highest BCUT2D eigenvalue weighted by atomic mass is 35.5. The van der Waals surface area contributed by atoms with Crippen molar-refractivity contribution < 1.29 is 19.4 Å². The smallest absolute Gasteiger partial charge is 0.280 e. The molecular formula is C21H22Cl2N2O4. The summed E-state index contributed by atoms with van der Waals surface area (Å²) in [4.78, 5) is 12.2. The predicted octanol–water partition coefficient (Wildman–Crippen LogP) is 4.74. The van der Waals surface area contributed by atoms with Crippen LogP contribution in [0, 0.1) is 0 Å². The molecule has 0 saturated heterocycles. The highest BCUT2D eigenvalue weighted by molar-refractivity contribution is 6.35. The van der Waals surface area contributed by atoms with Gasteiger partial charge in [-0.1, -0.05) is 29.3 Å². The number of allylic oxidation sites excluding steroid dienone is 1. The Labute approximate surface area is 179 Å². The lowest BCUT2D eigenvalue weighted by Gasteiger charge is -2.14. The van der Waals surface area contributed by atoms with Crippen molar-refractivity contribution in [1.82, 2.24) is 5.43 Å². The minimum atomic E-state index is -0.832. The van der Waals surface area contributed by atoms with Crippen LogP contribution in [0.3, 0.4) is 0 Å². The Morgan fingerprint density at radius 2 is 2.07 bits per heavy atom. The van der Waals surface area contributed by atoms with Crippen molar-refractivity contribution >= 4 is 35.3 Å². The highest BCUT2D eigenvalue weighted by Gasteiger charge is 2.16. The summed E-state index contributed by atoms with van der Waals surface area (Å²) in [6.07, 6.45) is 2.76. The first kappa shape index (κ1) is 22.6. The van der Waals surface area contributed by atoms with Gasteiger partial charge in [0, 0.05) is 10.6 Å². The average Bonchev–Trinajstić information content (AvgIpc) is 2.67. The molecule has 0 spiro atoms. The van der Waals surface area contributed by atoms with Crippen molar-refractivity contribution in [2.75, 3.05) is 6.61 Å². The van der Waals surface area contributed by atoms with Gasteiger partial charge in [-0.3, -0.25) is 4.79 Å². The maximum Gasteiger partial charge on any atom is 0.280 e. The summed E-state index contributed by atoms with van der Waals surface area (Å²) in [6, 6.07) is 8.11. The summed E-state index contributed by atoms with van der Waals surface area (Å²) in [5.41, 5.74) is 3.71. The molecule has 2 aromatic rings. The van der Waals surface area contributed by atoms with E-state index in [1.807, 2.05) is 6.92 Å². The Morgan fingerprint density at radius 3 is 2.72 bits per heavy atom. The van der Waals surface area contributed by atoms with E-state index in [1.54, 1.807) is 37.3 Å². The maximum absolute atomic E-state index is 12.2. The van der Waals surface area contributed by atoms with E-state index in [0.717, 1.165) is 0 Å². The molecule has 0 saturated carbocycles. The molecule has 0 aromatic heterocycles. The second kappa shape index (κ2) is 10.7. The third kappa shape index (κ3) is 6.41.